The first kappa shape index (κ1) is 20.2. The molecule has 0 spiro atoms. The first-order valence-corrected chi connectivity index (χ1v) is 12.8. The molecule has 0 amide bonds. The normalized spacial score (nSPS) is 11.4. The molecular formula is C15H23Cl2NOZr. The van der Waals surface area contributed by atoms with Crippen molar-refractivity contribution in [2.24, 2.45) is 4.99 Å². The van der Waals surface area contributed by atoms with Crippen molar-refractivity contribution in [3.05, 3.63) is 28.8 Å². The molecule has 1 aromatic rings. The Balaban J connectivity index is 0.00000110. The van der Waals surface area contributed by atoms with Crippen LogP contribution in [0.3, 0.4) is 0 Å². The van der Waals surface area contributed by atoms with E-state index >= 15 is 0 Å². The SMILES string of the molecule is Cc1ccc(C(C)(C)C)c(O)c1C=NC(C)C.[Cl][Zr][Cl]. The predicted molar refractivity (Wildman–Crippen MR) is 86.0 cm³/mol. The maximum atomic E-state index is 10.3. The molecule has 112 valence electrons. The second-order valence-electron chi connectivity index (χ2n) is 5.89. The fraction of sp³-hybridized carbons (Fsp3) is 0.533. The van der Waals surface area contributed by atoms with E-state index in [4.69, 9.17) is 17.0 Å². The summed E-state index contributed by atoms with van der Waals surface area (Å²) in [7, 11) is 9.87. The molecule has 0 unspecified atom stereocenters. The number of aryl methyl sites for hydroxylation is 1. The molecule has 0 radical (unpaired) electrons. The summed E-state index contributed by atoms with van der Waals surface area (Å²) in [5.41, 5.74) is 2.80. The predicted octanol–water partition coefficient (Wildman–Crippen LogP) is 5.20. The van der Waals surface area contributed by atoms with Crippen LogP contribution in [0.5, 0.6) is 5.75 Å². The van der Waals surface area contributed by atoms with Gasteiger partial charge in [0, 0.05) is 17.8 Å². The second kappa shape index (κ2) is 9.23. The average molecular weight is 395 g/mol. The number of rotatable bonds is 2. The van der Waals surface area contributed by atoms with Gasteiger partial charge in [0.1, 0.15) is 5.75 Å². The Bertz CT molecular complexity index is 454. The summed E-state index contributed by atoms with van der Waals surface area (Å²) in [5.74, 6) is 0.363. The van der Waals surface area contributed by atoms with Gasteiger partial charge in [0.05, 0.1) is 0 Å². The van der Waals surface area contributed by atoms with Gasteiger partial charge in [0.15, 0.2) is 0 Å². The van der Waals surface area contributed by atoms with Gasteiger partial charge in [-0.1, -0.05) is 32.9 Å². The van der Waals surface area contributed by atoms with Crippen LogP contribution in [0.2, 0.25) is 0 Å². The molecule has 5 heteroatoms. The number of nitrogens with zero attached hydrogens (tertiary/aromatic N) is 1. The van der Waals surface area contributed by atoms with Crippen molar-refractivity contribution in [1.82, 2.24) is 0 Å². The molecule has 0 saturated heterocycles. The van der Waals surface area contributed by atoms with Gasteiger partial charge in [0.25, 0.3) is 0 Å². The minimum absolute atomic E-state index is 0.0573. The topological polar surface area (TPSA) is 32.6 Å². The van der Waals surface area contributed by atoms with Crippen LogP contribution in [0.4, 0.5) is 0 Å². The summed E-state index contributed by atoms with van der Waals surface area (Å²) in [6.45, 7) is 12.3. The number of hydrogen-bond donors (Lipinski definition) is 1. The Morgan fingerprint density at radius 1 is 1.25 bits per heavy atom. The molecule has 0 atom stereocenters. The van der Waals surface area contributed by atoms with E-state index in [1.54, 1.807) is 6.21 Å². The Morgan fingerprint density at radius 2 is 1.75 bits per heavy atom. The van der Waals surface area contributed by atoms with Crippen molar-refractivity contribution in [1.29, 1.82) is 0 Å². The molecule has 0 fully saturated rings. The molecule has 0 bridgehead atoms. The minimum atomic E-state index is -0.826. The molecule has 1 aromatic carbocycles. The molecule has 0 aliphatic carbocycles. The van der Waals surface area contributed by atoms with Gasteiger partial charge < -0.3 is 5.11 Å². The summed E-state index contributed by atoms with van der Waals surface area (Å²) in [6, 6.07) is 4.28. The Labute approximate surface area is 141 Å². The van der Waals surface area contributed by atoms with Crippen molar-refractivity contribution in [3.63, 3.8) is 0 Å². The van der Waals surface area contributed by atoms with E-state index in [1.165, 1.54) is 0 Å². The van der Waals surface area contributed by atoms with Crippen molar-refractivity contribution in [2.75, 3.05) is 0 Å². The molecule has 20 heavy (non-hydrogen) atoms. The van der Waals surface area contributed by atoms with E-state index in [9.17, 15) is 5.11 Å². The second-order valence-corrected chi connectivity index (χ2v) is 9.62. The van der Waals surface area contributed by atoms with E-state index < -0.39 is 20.8 Å². The van der Waals surface area contributed by atoms with Crippen molar-refractivity contribution < 1.29 is 26.0 Å². The zero-order valence-corrected chi connectivity index (χ0v) is 16.9. The zero-order valence-electron chi connectivity index (χ0n) is 13.0. The third-order valence-electron chi connectivity index (χ3n) is 2.74. The van der Waals surface area contributed by atoms with Gasteiger partial charge >= 0.3 is 37.9 Å². The molecule has 0 saturated carbocycles. The first-order valence-electron chi connectivity index (χ1n) is 6.47. The number of aliphatic imine (C=N–C) groups is 1. The third-order valence-corrected chi connectivity index (χ3v) is 2.74. The van der Waals surface area contributed by atoms with E-state index in [0.717, 1.165) is 16.7 Å². The third kappa shape index (κ3) is 6.74. The van der Waals surface area contributed by atoms with Gasteiger partial charge in [-0.3, -0.25) is 4.99 Å². The number of halogens is 2. The van der Waals surface area contributed by atoms with Crippen LogP contribution < -0.4 is 0 Å². The van der Waals surface area contributed by atoms with Crippen LogP contribution in [0, 0.1) is 6.92 Å². The van der Waals surface area contributed by atoms with Gasteiger partial charge in [0.2, 0.25) is 0 Å². The zero-order chi connectivity index (χ0) is 15.9. The summed E-state index contributed by atoms with van der Waals surface area (Å²) in [4.78, 5) is 4.35. The number of phenolic OH excluding ortho intramolecular Hbond substituents is 1. The fourth-order valence-electron chi connectivity index (χ4n) is 1.70. The molecule has 0 heterocycles. The maximum absolute atomic E-state index is 10.3. The van der Waals surface area contributed by atoms with Crippen LogP contribution in [-0.2, 0) is 26.3 Å². The summed E-state index contributed by atoms with van der Waals surface area (Å²) in [6.07, 6.45) is 1.78. The average Bonchev–Trinajstić information content (AvgIpc) is 2.27. The molecule has 0 aliphatic rings. The Hall–Kier alpha value is 0.153. The number of hydrogen-bond acceptors (Lipinski definition) is 2. The van der Waals surface area contributed by atoms with Gasteiger partial charge in [-0.15, -0.1) is 0 Å². The monoisotopic (exact) mass is 393 g/mol. The molecule has 1 N–H and O–H groups in total. The molecule has 2 nitrogen and oxygen atoms in total. The quantitative estimate of drug-likeness (QED) is 0.686. The standard InChI is InChI=1S/C15H23NO.2ClH.Zr/c1-10(2)16-9-12-11(3)7-8-13(14(12)17)15(4,5)6;;;/h7-10,17H,1-6H3;2*1H;/q;;;+2/p-2. The van der Waals surface area contributed by atoms with Crippen molar-refractivity contribution in [2.45, 2.75) is 53.0 Å². The molecule has 0 aliphatic heterocycles. The van der Waals surface area contributed by atoms with Crippen LogP contribution in [0.1, 0.15) is 51.3 Å². The summed E-state index contributed by atoms with van der Waals surface area (Å²) >= 11 is -0.826. The van der Waals surface area contributed by atoms with Crippen LogP contribution in [0.15, 0.2) is 17.1 Å². The van der Waals surface area contributed by atoms with Crippen LogP contribution in [-0.4, -0.2) is 17.4 Å². The molecule has 0 aromatic heterocycles. The fourth-order valence-corrected chi connectivity index (χ4v) is 1.70. The number of phenols is 1. The van der Waals surface area contributed by atoms with E-state index in [1.807, 2.05) is 32.9 Å². The first-order chi connectivity index (χ1) is 9.15. The Morgan fingerprint density at radius 3 is 2.15 bits per heavy atom. The van der Waals surface area contributed by atoms with Crippen molar-refractivity contribution >= 4 is 23.2 Å². The van der Waals surface area contributed by atoms with Crippen LogP contribution in [0.25, 0.3) is 0 Å². The van der Waals surface area contributed by atoms with Crippen LogP contribution >= 0.6 is 17.0 Å². The van der Waals surface area contributed by atoms with E-state index in [2.05, 4.69) is 25.8 Å². The summed E-state index contributed by atoms with van der Waals surface area (Å²) < 4.78 is 0. The van der Waals surface area contributed by atoms with E-state index in [-0.39, 0.29) is 11.5 Å². The van der Waals surface area contributed by atoms with Crippen molar-refractivity contribution in [3.8, 4) is 5.75 Å². The van der Waals surface area contributed by atoms with Gasteiger partial charge in [-0.05, 0) is 37.3 Å². The summed E-state index contributed by atoms with van der Waals surface area (Å²) in [5, 5.41) is 10.3. The number of aromatic hydroxyl groups is 1. The molecular weight excluding hydrogens is 372 g/mol. The number of benzene rings is 1. The molecule has 1 rings (SSSR count). The van der Waals surface area contributed by atoms with Gasteiger partial charge in [-0.2, -0.15) is 0 Å². The van der Waals surface area contributed by atoms with Gasteiger partial charge in [-0.25, -0.2) is 0 Å². The van der Waals surface area contributed by atoms with E-state index in [0.29, 0.717) is 5.75 Å². The Kier molecular flexibility index (Phi) is 9.30.